The number of carbonyl (C=O) groups is 2. The normalized spacial score (nSPS) is 19.6. The molecule has 1 aromatic rings. The molecule has 1 unspecified atom stereocenters. The van der Waals surface area contributed by atoms with Crippen LogP contribution in [0.5, 0.6) is 0 Å². The summed E-state index contributed by atoms with van der Waals surface area (Å²) in [6, 6.07) is -0.568. The van der Waals surface area contributed by atoms with Crippen molar-refractivity contribution in [3.8, 4) is 0 Å². The minimum absolute atomic E-state index is 0.186. The minimum atomic E-state index is -0.568. The predicted molar refractivity (Wildman–Crippen MR) is 62.9 cm³/mol. The van der Waals surface area contributed by atoms with E-state index < -0.39 is 6.04 Å². The summed E-state index contributed by atoms with van der Waals surface area (Å²) in [5, 5.41) is 9.04. The Kier molecular flexibility index (Phi) is 3.93. The fourth-order valence-electron chi connectivity index (χ4n) is 1.89. The predicted octanol–water partition coefficient (Wildman–Crippen LogP) is -0.613. The van der Waals surface area contributed by atoms with Crippen LogP contribution in [0.4, 0.5) is 0 Å². The summed E-state index contributed by atoms with van der Waals surface area (Å²) >= 11 is 0. The fraction of sp³-hybridized carbons (Fsp3) is 0.545. The SMILES string of the molecule is CCNC(=O)C1COCCN1C(=O)c1cn[nH]c1. The molecule has 0 aromatic carbocycles. The molecule has 1 saturated heterocycles. The number of carbonyl (C=O) groups excluding carboxylic acids is 2. The molecule has 0 bridgehead atoms. The Morgan fingerprint density at radius 3 is 3.17 bits per heavy atom. The Hall–Kier alpha value is -1.89. The van der Waals surface area contributed by atoms with Crippen molar-refractivity contribution in [3.05, 3.63) is 18.0 Å². The highest BCUT2D eigenvalue weighted by Gasteiger charge is 2.33. The number of hydrogen-bond donors (Lipinski definition) is 2. The third kappa shape index (κ3) is 2.51. The molecule has 1 aliphatic rings. The van der Waals surface area contributed by atoms with Gasteiger partial charge in [0.1, 0.15) is 6.04 Å². The molecule has 1 aromatic heterocycles. The second kappa shape index (κ2) is 5.63. The summed E-state index contributed by atoms with van der Waals surface area (Å²) in [5.74, 6) is -0.391. The van der Waals surface area contributed by atoms with Crippen LogP contribution < -0.4 is 5.32 Å². The molecule has 2 N–H and O–H groups in total. The van der Waals surface area contributed by atoms with E-state index in [2.05, 4.69) is 15.5 Å². The Labute approximate surface area is 104 Å². The van der Waals surface area contributed by atoms with Crippen molar-refractivity contribution in [2.75, 3.05) is 26.3 Å². The van der Waals surface area contributed by atoms with Crippen molar-refractivity contribution in [1.82, 2.24) is 20.4 Å². The first-order chi connectivity index (χ1) is 8.74. The Bertz CT molecular complexity index is 418. The number of nitrogens with zero attached hydrogens (tertiary/aromatic N) is 2. The highest BCUT2D eigenvalue weighted by molar-refractivity contribution is 5.97. The van der Waals surface area contributed by atoms with E-state index in [-0.39, 0.29) is 18.4 Å². The van der Waals surface area contributed by atoms with Crippen molar-refractivity contribution in [3.63, 3.8) is 0 Å². The van der Waals surface area contributed by atoms with Gasteiger partial charge in [0, 0.05) is 19.3 Å². The average Bonchev–Trinajstić information content (AvgIpc) is 2.92. The van der Waals surface area contributed by atoms with Gasteiger partial charge in [0.05, 0.1) is 25.0 Å². The minimum Gasteiger partial charge on any atom is -0.377 e. The zero-order valence-corrected chi connectivity index (χ0v) is 10.2. The third-order valence-electron chi connectivity index (χ3n) is 2.79. The summed E-state index contributed by atoms with van der Waals surface area (Å²) < 4.78 is 5.27. The highest BCUT2D eigenvalue weighted by Crippen LogP contribution is 2.12. The Balaban J connectivity index is 2.12. The molecule has 0 saturated carbocycles. The summed E-state index contributed by atoms with van der Waals surface area (Å²) in [6.07, 6.45) is 2.97. The molecule has 0 radical (unpaired) electrons. The molecule has 0 aliphatic carbocycles. The number of rotatable bonds is 3. The molecule has 18 heavy (non-hydrogen) atoms. The molecule has 2 heterocycles. The number of hydrogen-bond acceptors (Lipinski definition) is 4. The Morgan fingerprint density at radius 1 is 1.67 bits per heavy atom. The van der Waals surface area contributed by atoms with Crippen molar-refractivity contribution in [2.24, 2.45) is 0 Å². The van der Waals surface area contributed by atoms with E-state index in [0.717, 1.165) is 0 Å². The van der Waals surface area contributed by atoms with Gasteiger partial charge in [0.2, 0.25) is 5.91 Å². The lowest BCUT2D eigenvalue weighted by Gasteiger charge is -2.34. The van der Waals surface area contributed by atoms with Crippen LogP contribution in [0.1, 0.15) is 17.3 Å². The molecule has 2 amide bonds. The number of ether oxygens (including phenoxy) is 1. The maximum Gasteiger partial charge on any atom is 0.257 e. The summed E-state index contributed by atoms with van der Waals surface area (Å²) in [7, 11) is 0. The highest BCUT2D eigenvalue weighted by atomic mass is 16.5. The topological polar surface area (TPSA) is 87.3 Å². The van der Waals surface area contributed by atoms with Crippen molar-refractivity contribution >= 4 is 11.8 Å². The first-order valence-corrected chi connectivity index (χ1v) is 5.89. The molecule has 0 spiro atoms. The molecule has 1 fully saturated rings. The van der Waals surface area contributed by atoms with Gasteiger partial charge < -0.3 is 15.0 Å². The maximum atomic E-state index is 12.2. The van der Waals surface area contributed by atoms with E-state index in [1.807, 2.05) is 6.92 Å². The van der Waals surface area contributed by atoms with E-state index in [4.69, 9.17) is 4.74 Å². The standard InChI is InChI=1S/C11H16N4O3/c1-2-12-10(16)9-7-18-4-3-15(9)11(17)8-5-13-14-6-8/h5-6,9H,2-4,7H2,1H3,(H,12,16)(H,13,14). The maximum absolute atomic E-state index is 12.2. The smallest absolute Gasteiger partial charge is 0.257 e. The summed E-state index contributed by atoms with van der Waals surface area (Å²) in [4.78, 5) is 25.6. The molecular weight excluding hydrogens is 236 g/mol. The molecule has 7 nitrogen and oxygen atoms in total. The molecule has 1 atom stereocenters. The molecule has 98 valence electrons. The van der Waals surface area contributed by atoms with Crippen LogP contribution in [-0.4, -0.2) is 59.3 Å². The van der Waals surface area contributed by atoms with Gasteiger partial charge in [0.15, 0.2) is 0 Å². The monoisotopic (exact) mass is 252 g/mol. The lowest BCUT2D eigenvalue weighted by atomic mass is 10.1. The molecule has 1 aliphatic heterocycles. The first-order valence-electron chi connectivity index (χ1n) is 5.89. The molecule has 2 rings (SSSR count). The van der Waals surface area contributed by atoms with Crippen LogP contribution in [0.15, 0.2) is 12.4 Å². The third-order valence-corrected chi connectivity index (χ3v) is 2.79. The Morgan fingerprint density at radius 2 is 2.50 bits per heavy atom. The van der Waals surface area contributed by atoms with Crippen molar-refractivity contribution in [1.29, 1.82) is 0 Å². The van der Waals surface area contributed by atoms with Crippen molar-refractivity contribution in [2.45, 2.75) is 13.0 Å². The zero-order chi connectivity index (χ0) is 13.0. The number of morpholine rings is 1. The van der Waals surface area contributed by atoms with E-state index >= 15 is 0 Å². The number of H-pyrrole nitrogens is 1. The number of aromatic nitrogens is 2. The van der Waals surface area contributed by atoms with Gasteiger partial charge in [0.25, 0.3) is 5.91 Å². The molecular formula is C11H16N4O3. The summed E-state index contributed by atoms with van der Waals surface area (Å²) in [6.45, 7) is 3.45. The summed E-state index contributed by atoms with van der Waals surface area (Å²) in [5.41, 5.74) is 0.450. The van der Waals surface area contributed by atoms with Crippen LogP contribution >= 0.6 is 0 Å². The van der Waals surface area contributed by atoms with E-state index in [1.54, 1.807) is 0 Å². The van der Waals surface area contributed by atoms with Gasteiger partial charge in [-0.25, -0.2) is 0 Å². The zero-order valence-electron chi connectivity index (χ0n) is 10.2. The largest absolute Gasteiger partial charge is 0.377 e. The molecule has 7 heteroatoms. The number of aromatic amines is 1. The van der Waals surface area contributed by atoms with Crippen LogP contribution in [0.2, 0.25) is 0 Å². The average molecular weight is 252 g/mol. The first kappa shape index (κ1) is 12.6. The van der Waals surface area contributed by atoms with Gasteiger partial charge in [-0.05, 0) is 6.92 Å². The van der Waals surface area contributed by atoms with Gasteiger partial charge >= 0.3 is 0 Å². The van der Waals surface area contributed by atoms with Crippen LogP contribution in [0.25, 0.3) is 0 Å². The van der Waals surface area contributed by atoms with Gasteiger partial charge in [-0.2, -0.15) is 5.10 Å². The lowest BCUT2D eigenvalue weighted by molar-refractivity contribution is -0.130. The van der Waals surface area contributed by atoms with Crippen LogP contribution in [0, 0.1) is 0 Å². The van der Waals surface area contributed by atoms with E-state index in [9.17, 15) is 9.59 Å². The van der Waals surface area contributed by atoms with Gasteiger partial charge in [-0.3, -0.25) is 14.7 Å². The quantitative estimate of drug-likeness (QED) is 0.751. The van der Waals surface area contributed by atoms with E-state index in [1.165, 1.54) is 17.3 Å². The van der Waals surface area contributed by atoms with Gasteiger partial charge in [-0.15, -0.1) is 0 Å². The lowest BCUT2D eigenvalue weighted by Crippen LogP contribution is -2.55. The second-order valence-corrected chi connectivity index (χ2v) is 3.97. The number of nitrogens with one attached hydrogen (secondary N) is 2. The van der Waals surface area contributed by atoms with Gasteiger partial charge in [-0.1, -0.05) is 0 Å². The van der Waals surface area contributed by atoms with Crippen LogP contribution in [-0.2, 0) is 9.53 Å². The second-order valence-electron chi connectivity index (χ2n) is 3.97. The number of amides is 2. The van der Waals surface area contributed by atoms with Crippen LogP contribution in [0.3, 0.4) is 0 Å². The fourth-order valence-corrected chi connectivity index (χ4v) is 1.89. The van der Waals surface area contributed by atoms with Crippen molar-refractivity contribution < 1.29 is 14.3 Å². The number of likely N-dealkylation sites (N-methyl/N-ethyl adjacent to an activating group) is 1. The van der Waals surface area contributed by atoms with E-state index in [0.29, 0.717) is 25.3 Å².